The molecule has 1 aliphatic rings. The molecular weight excluding hydrogens is 316 g/mol. The first kappa shape index (κ1) is 19.3. The lowest BCUT2D eigenvalue weighted by atomic mass is 9.98. The fraction of sp³-hybridized carbons (Fsp3) is 0.600. The predicted octanol–water partition coefficient (Wildman–Crippen LogP) is 3.40. The van der Waals surface area contributed by atoms with E-state index in [0.29, 0.717) is 13.0 Å². The van der Waals surface area contributed by atoms with Crippen LogP contribution in [0.5, 0.6) is 5.75 Å². The van der Waals surface area contributed by atoms with Gasteiger partial charge in [0.05, 0.1) is 13.2 Å². The molecule has 1 fully saturated rings. The van der Waals surface area contributed by atoms with Gasteiger partial charge in [-0.3, -0.25) is 9.59 Å². The molecule has 0 radical (unpaired) electrons. The fourth-order valence-corrected chi connectivity index (χ4v) is 3.69. The summed E-state index contributed by atoms with van der Waals surface area (Å²) in [6, 6.07) is 7.85. The molecule has 5 nitrogen and oxygen atoms in total. The van der Waals surface area contributed by atoms with Gasteiger partial charge >= 0.3 is 0 Å². The predicted molar refractivity (Wildman–Crippen MR) is 98.4 cm³/mol. The lowest BCUT2D eigenvalue weighted by Gasteiger charge is -2.37. The van der Waals surface area contributed by atoms with Crippen LogP contribution in [0.3, 0.4) is 0 Å². The summed E-state index contributed by atoms with van der Waals surface area (Å²) >= 11 is 0. The Hall–Kier alpha value is -2.04. The molecule has 0 saturated carbocycles. The van der Waals surface area contributed by atoms with Crippen molar-refractivity contribution in [3.63, 3.8) is 0 Å². The average molecular weight is 346 g/mol. The second kappa shape index (κ2) is 8.88. The third kappa shape index (κ3) is 4.74. The van der Waals surface area contributed by atoms with E-state index in [4.69, 9.17) is 4.74 Å². The number of carbonyl (C=O) groups excluding carboxylic acids is 2. The summed E-state index contributed by atoms with van der Waals surface area (Å²) in [6.07, 6.45) is 3.43. The number of nitrogens with zero attached hydrogens (tertiary/aromatic N) is 2. The molecule has 1 aliphatic heterocycles. The van der Waals surface area contributed by atoms with Crippen LogP contribution < -0.4 is 4.74 Å². The molecule has 1 heterocycles. The quantitative estimate of drug-likeness (QED) is 0.793. The molecule has 2 atom stereocenters. The first-order valence-corrected chi connectivity index (χ1v) is 9.18. The van der Waals surface area contributed by atoms with Crippen LogP contribution in [0.2, 0.25) is 0 Å². The molecule has 1 saturated heterocycles. The number of methoxy groups -OCH3 is 1. The highest BCUT2D eigenvalue weighted by atomic mass is 16.5. The molecule has 0 spiro atoms. The number of amides is 2. The molecule has 25 heavy (non-hydrogen) atoms. The number of carbonyl (C=O) groups is 2. The Kier molecular flexibility index (Phi) is 6.85. The van der Waals surface area contributed by atoms with E-state index >= 15 is 0 Å². The summed E-state index contributed by atoms with van der Waals surface area (Å²) in [5, 5.41) is 0. The maximum absolute atomic E-state index is 12.9. The van der Waals surface area contributed by atoms with E-state index in [9.17, 15) is 9.59 Å². The molecule has 0 bridgehead atoms. The Morgan fingerprint density at radius 2 is 2.12 bits per heavy atom. The van der Waals surface area contributed by atoms with Crippen LogP contribution in [0.4, 0.5) is 0 Å². The summed E-state index contributed by atoms with van der Waals surface area (Å²) in [6.45, 7) is 7.05. The Bertz CT molecular complexity index is 602. The molecule has 2 amide bonds. The molecule has 138 valence electrons. The van der Waals surface area contributed by atoms with Crippen molar-refractivity contribution in [1.29, 1.82) is 0 Å². The zero-order valence-electron chi connectivity index (χ0n) is 15.8. The molecule has 1 aromatic rings. The summed E-state index contributed by atoms with van der Waals surface area (Å²) in [4.78, 5) is 28.5. The minimum Gasteiger partial charge on any atom is -0.497 e. The molecule has 0 unspecified atom stereocenters. The third-order valence-corrected chi connectivity index (χ3v) is 5.15. The maximum Gasteiger partial charge on any atom is 0.225 e. The van der Waals surface area contributed by atoms with Crippen molar-refractivity contribution in [3.8, 4) is 5.75 Å². The van der Waals surface area contributed by atoms with Crippen LogP contribution in [-0.4, -0.2) is 47.9 Å². The molecule has 0 aromatic heterocycles. The number of ether oxygens (including phenoxy) is 1. The van der Waals surface area contributed by atoms with Crippen molar-refractivity contribution in [2.45, 2.75) is 58.5 Å². The van der Waals surface area contributed by atoms with Crippen LogP contribution in [0.25, 0.3) is 0 Å². The van der Waals surface area contributed by atoms with Crippen molar-refractivity contribution in [1.82, 2.24) is 9.80 Å². The van der Waals surface area contributed by atoms with Gasteiger partial charge in [-0.1, -0.05) is 12.1 Å². The Balaban J connectivity index is 2.10. The lowest BCUT2D eigenvalue weighted by Crippen LogP contribution is -2.46. The van der Waals surface area contributed by atoms with E-state index in [1.54, 1.807) is 14.0 Å². The second-order valence-corrected chi connectivity index (χ2v) is 6.70. The smallest absolute Gasteiger partial charge is 0.225 e. The van der Waals surface area contributed by atoms with Gasteiger partial charge in [-0.2, -0.15) is 0 Å². The van der Waals surface area contributed by atoms with Crippen molar-refractivity contribution in [3.05, 3.63) is 29.8 Å². The van der Waals surface area contributed by atoms with Gasteiger partial charge in [0, 0.05) is 32.5 Å². The summed E-state index contributed by atoms with van der Waals surface area (Å²) in [7, 11) is 1.64. The van der Waals surface area contributed by atoms with E-state index in [2.05, 4.69) is 0 Å². The van der Waals surface area contributed by atoms with E-state index in [1.165, 1.54) is 0 Å². The van der Waals surface area contributed by atoms with E-state index < -0.39 is 0 Å². The van der Waals surface area contributed by atoms with Crippen LogP contribution in [0.15, 0.2) is 24.3 Å². The highest BCUT2D eigenvalue weighted by Crippen LogP contribution is 2.26. The number of hydrogen-bond acceptors (Lipinski definition) is 3. The average Bonchev–Trinajstić information content (AvgIpc) is 2.62. The third-order valence-electron chi connectivity index (χ3n) is 5.15. The van der Waals surface area contributed by atoms with Crippen LogP contribution in [0.1, 0.15) is 58.1 Å². The number of rotatable bonds is 6. The molecule has 0 N–H and O–H groups in total. The Morgan fingerprint density at radius 1 is 1.36 bits per heavy atom. The first-order valence-electron chi connectivity index (χ1n) is 9.18. The number of likely N-dealkylation sites (tertiary alicyclic amines) is 1. The van der Waals surface area contributed by atoms with E-state index in [0.717, 1.165) is 37.1 Å². The molecule has 5 heteroatoms. The van der Waals surface area contributed by atoms with Gasteiger partial charge < -0.3 is 14.5 Å². The number of piperidine rings is 1. The zero-order chi connectivity index (χ0) is 18.4. The monoisotopic (exact) mass is 346 g/mol. The minimum atomic E-state index is -0.0260. The molecular formula is C20H30N2O3. The van der Waals surface area contributed by atoms with Gasteiger partial charge in [-0.05, 0) is 50.8 Å². The standard InChI is InChI=1S/C20H30N2O3/c1-5-21(15(2)17-9-8-11-19(13-17)25-4)20(24)14-18-10-6-7-12-22(18)16(3)23/h8-9,11,13,15,18H,5-7,10,12,14H2,1-4H3/t15-,18+/m0/s1. The largest absolute Gasteiger partial charge is 0.497 e. The normalized spacial score (nSPS) is 18.6. The second-order valence-electron chi connectivity index (χ2n) is 6.70. The molecule has 0 aliphatic carbocycles. The Morgan fingerprint density at radius 3 is 2.76 bits per heavy atom. The zero-order valence-corrected chi connectivity index (χ0v) is 15.8. The summed E-state index contributed by atoms with van der Waals surface area (Å²) < 4.78 is 5.29. The van der Waals surface area contributed by atoms with Gasteiger partial charge in [0.2, 0.25) is 11.8 Å². The van der Waals surface area contributed by atoms with Crippen LogP contribution in [0, 0.1) is 0 Å². The van der Waals surface area contributed by atoms with Crippen molar-refractivity contribution < 1.29 is 14.3 Å². The highest BCUT2D eigenvalue weighted by Gasteiger charge is 2.29. The van der Waals surface area contributed by atoms with Gasteiger partial charge in [-0.15, -0.1) is 0 Å². The van der Waals surface area contributed by atoms with Crippen LogP contribution in [-0.2, 0) is 9.59 Å². The van der Waals surface area contributed by atoms with Crippen molar-refractivity contribution >= 4 is 11.8 Å². The Labute approximate surface area is 150 Å². The van der Waals surface area contributed by atoms with Gasteiger partial charge in [-0.25, -0.2) is 0 Å². The number of benzene rings is 1. The molecule has 1 aromatic carbocycles. The fourth-order valence-electron chi connectivity index (χ4n) is 3.69. The lowest BCUT2D eigenvalue weighted by molar-refractivity contribution is -0.138. The summed E-state index contributed by atoms with van der Waals surface area (Å²) in [5.41, 5.74) is 1.06. The highest BCUT2D eigenvalue weighted by molar-refractivity contribution is 5.79. The summed E-state index contributed by atoms with van der Waals surface area (Å²) in [5.74, 6) is 0.972. The SMILES string of the molecule is CCN(C(=O)C[C@H]1CCCCN1C(C)=O)[C@@H](C)c1cccc(OC)c1. The van der Waals surface area contributed by atoms with Crippen molar-refractivity contribution in [2.75, 3.05) is 20.2 Å². The van der Waals surface area contributed by atoms with Gasteiger partial charge in [0.1, 0.15) is 5.75 Å². The minimum absolute atomic E-state index is 0.0260. The maximum atomic E-state index is 12.9. The number of hydrogen-bond donors (Lipinski definition) is 0. The topological polar surface area (TPSA) is 49.9 Å². The molecule has 2 rings (SSSR count). The van der Waals surface area contributed by atoms with Gasteiger partial charge in [0.25, 0.3) is 0 Å². The van der Waals surface area contributed by atoms with Crippen molar-refractivity contribution in [2.24, 2.45) is 0 Å². The first-order chi connectivity index (χ1) is 12.0. The van der Waals surface area contributed by atoms with E-state index in [-0.39, 0.29) is 23.9 Å². The van der Waals surface area contributed by atoms with Gasteiger partial charge in [0.15, 0.2) is 0 Å². The van der Waals surface area contributed by atoms with Crippen LogP contribution >= 0.6 is 0 Å². The van der Waals surface area contributed by atoms with E-state index in [1.807, 2.05) is 47.9 Å².